The van der Waals surface area contributed by atoms with E-state index >= 15 is 0 Å². The summed E-state index contributed by atoms with van der Waals surface area (Å²) in [6, 6.07) is -0.357. The summed E-state index contributed by atoms with van der Waals surface area (Å²) in [6.07, 6.45) is 1.07. The van der Waals surface area contributed by atoms with Crippen LogP contribution in [0.25, 0.3) is 0 Å². The van der Waals surface area contributed by atoms with Gasteiger partial charge in [0.15, 0.2) is 0 Å². The van der Waals surface area contributed by atoms with E-state index in [9.17, 15) is 9.59 Å². The van der Waals surface area contributed by atoms with Gasteiger partial charge in [0.25, 0.3) is 0 Å². The van der Waals surface area contributed by atoms with Crippen molar-refractivity contribution in [2.24, 2.45) is 0 Å². The van der Waals surface area contributed by atoms with Crippen LogP contribution in [0.4, 0.5) is 0 Å². The minimum atomic E-state index is -0.357. The fraction of sp³-hybridized carbons (Fsp3) is 0.800. The van der Waals surface area contributed by atoms with Gasteiger partial charge in [-0.25, -0.2) is 0 Å². The summed E-state index contributed by atoms with van der Waals surface area (Å²) >= 11 is 0. The van der Waals surface area contributed by atoms with Gasteiger partial charge in [-0.2, -0.15) is 0 Å². The predicted octanol–water partition coefficient (Wildman–Crippen LogP) is -1.63. The summed E-state index contributed by atoms with van der Waals surface area (Å²) in [5, 5.41) is 8.62. The molecular weight excluding hydrogens is 210 g/mol. The lowest BCUT2D eigenvalue weighted by Crippen LogP contribution is -2.48. The Kier molecular flexibility index (Phi) is 3.74. The molecule has 6 heteroatoms. The van der Waals surface area contributed by atoms with Gasteiger partial charge in [0.05, 0.1) is 12.7 Å². The average Bonchev–Trinajstić information content (AvgIpc) is 2.74. The molecule has 0 radical (unpaired) electrons. The smallest absolute Gasteiger partial charge is 0.242 e. The number of morpholine rings is 1. The molecule has 0 spiro atoms. The molecule has 0 bridgehead atoms. The van der Waals surface area contributed by atoms with E-state index in [1.807, 2.05) is 0 Å². The molecule has 0 saturated carbocycles. The van der Waals surface area contributed by atoms with Crippen LogP contribution in [0, 0.1) is 0 Å². The van der Waals surface area contributed by atoms with Crippen molar-refractivity contribution in [3.05, 3.63) is 0 Å². The molecule has 2 unspecified atom stereocenters. The van der Waals surface area contributed by atoms with Crippen LogP contribution in [0.2, 0.25) is 0 Å². The molecule has 2 heterocycles. The Bertz CT molecular complexity index is 276. The summed E-state index contributed by atoms with van der Waals surface area (Å²) in [7, 11) is 0. The summed E-state index contributed by atoms with van der Waals surface area (Å²) in [6.45, 7) is 2.80. The molecule has 2 fully saturated rings. The first-order valence-corrected chi connectivity index (χ1v) is 5.65. The number of carbonyl (C=O) groups is 2. The van der Waals surface area contributed by atoms with Crippen molar-refractivity contribution in [1.29, 1.82) is 0 Å². The molecule has 0 aromatic carbocycles. The van der Waals surface area contributed by atoms with Gasteiger partial charge < -0.3 is 20.7 Å². The highest BCUT2D eigenvalue weighted by atomic mass is 16.5. The molecule has 0 aromatic rings. The van der Waals surface area contributed by atoms with Crippen LogP contribution in [0.1, 0.15) is 12.8 Å². The van der Waals surface area contributed by atoms with Gasteiger partial charge in [0.2, 0.25) is 11.8 Å². The van der Waals surface area contributed by atoms with E-state index in [0.717, 1.165) is 13.1 Å². The number of amides is 2. The lowest BCUT2D eigenvalue weighted by Gasteiger charge is -2.24. The number of rotatable bonds is 3. The molecule has 2 rings (SSSR count). The van der Waals surface area contributed by atoms with Crippen LogP contribution in [0.3, 0.4) is 0 Å². The Balaban J connectivity index is 1.68. The molecule has 16 heavy (non-hydrogen) atoms. The predicted molar refractivity (Wildman–Crippen MR) is 56.8 cm³/mol. The van der Waals surface area contributed by atoms with Gasteiger partial charge in [-0.15, -0.1) is 0 Å². The zero-order valence-corrected chi connectivity index (χ0v) is 9.12. The zero-order valence-electron chi connectivity index (χ0n) is 9.12. The van der Waals surface area contributed by atoms with Crippen LogP contribution in [0.5, 0.6) is 0 Å². The maximum Gasteiger partial charge on any atom is 0.242 e. The first kappa shape index (κ1) is 11.3. The van der Waals surface area contributed by atoms with Crippen molar-refractivity contribution in [2.75, 3.05) is 26.2 Å². The van der Waals surface area contributed by atoms with Crippen molar-refractivity contribution in [3.8, 4) is 0 Å². The van der Waals surface area contributed by atoms with Crippen LogP contribution in [-0.4, -0.2) is 50.2 Å². The van der Waals surface area contributed by atoms with Crippen LogP contribution < -0.4 is 16.0 Å². The Labute approximate surface area is 94.1 Å². The van der Waals surface area contributed by atoms with Gasteiger partial charge in [-0.3, -0.25) is 9.59 Å². The SMILES string of the molecule is O=C1CCC(C(=O)NCC2CNCCO2)N1. The van der Waals surface area contributed by atoms with Gasteiger partial charge in [0, 0.05) is 26.1 Å². The molecule has 3 N–H and O–H groups in total. The number of ether oxygens (including phenoxy) is 1. The highest BCUT2D eigenvalue weighted by Gasteiger charge is 2.27. The van der Waals surface area contributed by atoms with E-state index in [2.05, 4.69) is 16.0 Å². The lowest BCUT2D eigenvalue weighted by molar-refractivity contribution is -0.126. The maximum absolute atomic E-state index is 11.6. The van der Waals surface area contributed by atoms with Gasteiger partial charge >= 0.3 is 0 Å². The maximum atomic E-state index is 11.6. The Morgan fingerprint density at radius 3 is 3.06 bits per heavy atom. The van der Waals surface area contributed by atoms with Crippen molar-refractivity contribution < 1.29 is 14.3 Å². The monoisotopic (exact) mass is 227 g/mol. The minimum absolute atomic E-state index is 0.0369. The van der Waals surface area contributed by atoms with Crippen molar-refractivity contribution in [2.45, 2.75) is 25.0 Å². The Morgan fingerprint density at radius 2 is 2.44 bits per heavy atom. The molecule has 2 aliphatic heterocycles. The first-order chi connectivity index (χ1) is 7.75. The van der Waals surface area contributed by atoms with Crippen molar-refractivity contribution in [1.82, 2.24) is 16.0 Å². The van der Waals surface area contributed by atoms with E-state index in [1.54, 1.807) is 0 Å². The topological polar surface area (TPSA) is 79.5 Å². The summed E-state index contributed by atoms with van der Waals surface area (Å²) < 4.78 is 5.45. The highest BCUT2D eigenvalue weighted by molar-refractivity contribution is 5.90. The molecule has 2 aliphatic rings. The largest absolute Gasteiger partial charge is 0.374 e. The minimum Gasteiger partial charge on any atom is -0.374 e. The average molecular weight is 227 g/mol. The summed E-state index contributed by atoms with van der Waals surface area (Å²) in [5.41, 5.74) is 0. The molecule has 0 aliphatic carbocycles. The molecule has 0 aromatic heterocycles. The summed E-state index contributed by atoms with van der Waals surface area (Å²) in [4.78, 5) is 22.6. The standard InChI is InChI=1S/C10H17N3O3/c14-9-2-1-8(13-9)10(15)12-6-7-5-11-3-4-16-7/h7-8,11H,1-6H2,(H,12,15)(H,13,14). The van der Waals surface area contributed by atoms with E-state index in [1.165, 1.54) is 0 Å². The van der Waals surface area contributed by atoms with Crippen molar-refractivity contribution in [3.63, 3.8) is 0 Å². The van der Waals surface area contributed by atoms with E-state index in [-0.39, 0.29) is 24.0 Å². The second-order valence-corrected chi connectivity index (χ2v) is 4.10. The molecule has 6 nitrogen and oxygen atoms in total. The lowest BCUT2D eigenvalue weighted by atomic mass is 10.2. The fourth-order valence-electron chi connectivity index (χ4n) is 1.90. The first-order valence-electron chi connectivity index (χ1n) is 5.65. The van der Waals surface area contributed by atoms with Gasteiger partial charge in [-0.05, 0) is 6.42 Å². The third kappa shape index (κ3) is 2.93. The highest BCUT2D eigenvalue weighted by Crippen LogP contribution is 2.06. The fourth-order valence-corrected chi connectivity index (χ4v) is 1.90. The molecule has 2 atom stereocenters. The van der Waals surface area contributed by atoms with Gasteiger partial charge in [-0.1, -0.05) is 0 Å². The Hall–Kier alpha value is -1.14. The van der Waals surface area contributed by atoms with E-state index < -0.39 is 0 Å². The second-order valence-electron chi connectivity index (χ2n) is 4.10. The number of carbonyl (C=O) groups excluding carboxylic acids is 2. The van der Waals surface area contributed by atoms with Crippen LogP contribution in [0.15, 0.2) is 0 Å². The number of hydrogen-bond donors (Lipinski definition) is 3. The normalized spacial score (nSPS) is 29.9. The van der Waals surface area contributed by atoms with Crippen molar-refractivity contribution >= 4 is 11.8 Å². The van der Waals surface area contributed by atoms with Gasteiger partial charge in [0.1, 0.15) is 6.04 Å². The Morgan fingerprint density at radius 1 is 1.56 bits per heavy atom. The summed E-state index contributed by atoms with van der Waals surface area (Å²) in [5.74, 6) is -0.157. The van der Waals surface area contributed by atoms with E-state index in [4.69, 9.17) is 4.74 Å². The molecule has 2 amide bonds. The molecular formula is C10H17N3O3. The molecule has 90 valence electrons. The number of nitrogens with one attached hydrogen (secondary N) is 3. The third-order valence-corrected chi connectivity index (χ3v) is 2.82. The number of hydrogen-bond acceptors (Lipinski definition) is 4. The van der Waals surface area contributed by atoms with Crippen LogP contribution in [-0.2, 0) is 14.3 Å². The quantitative estimate of drug-likeness (QED) is 0.541. The third-order valence-electron chi connectivity index (χ3n) is 2.82. The zero-order chi connectivity index (χ0) is 11.4. The van der Waals surface area contributed by atoms with Crippen LogP contribution >= 0.6 is 0 Å². The second kappa shape index (κ2) is 5.27. The van der Waals surface area contributed by atoms with E-state index in [0.29, 0.717) is 26.0 Å². The molecule has 2 saturated heterocycles.